The normalized spacial score (nSPS) is 19.5. The first kappa shape index (κ1) is 28.5. The molecule has 0 bridgehead atoms. The molecule has 0 radical (unpaired) electrons. The minimum absolute atomic E-state index is 0.150. The Labute approximate surface area is 230 Å². The average molecular weight is 531 g/mol. The zero-order chi connectivity index (χ0) is 27.0. The van der Waals surface area contributed by atoms with Crippen LogP contribution >= 0.6 is 15.8 Å². The second-order valence-electron chi connectivity index (χ2n) is 13.1. The van der Waals surface area contributed by atoms with Gasteiger partial charge in [0.15, 0.2) is 0 Å². The van der Waals surface area contributed by atoms with Gasteiger partial charge in [-0.3, -0.25) is 0 Å². The second kappa shape index (κ2) is 11.3. The lowest BCUT2D eigenvalue weighted by Gasteiger charge is -2.48. The summed E-state index contributed by atoms with van der Waals surface area (Å²) in [4.78, 5) is 0. The van der Waals surface area contributed by atoms with Crippen molar-refractivity contribution in [1.29, 1.82) is 0 Å². The Bertz CT molecular complexity index is 1140. The molecule has 0 N–H and O–H groups in total. The maximum absolute atomic E-state index is 2.61. The van der Waals surface area contributed by atoms with E-state index in [9.17, 15) is 0 Å². The Balaban J connectivity index is 1.85. The number of rotatable bonds is 6. The molecular weight excluding hydrogens is 482 g/mol. The largest absolute Gasteiger partial charge is 0.0924 e. The van der Waals surface area contributed by atoms with Crippen LogP contribution in [0.15, 0.2) is 72.8 Å². The van der Waals surface area contributed by atoms with Crippen LogP contribution in [0.5, 0.6) is 0 Å². The summed E-state index contributed by atoms with van der Waals surface area (Å²) in [6, 6.07) is 27.8. The first-order valence-corrected chi connectivity index (χ1v) is 17.0. The van der Waals surface area contributed by atoms with Gasteiger partial charge in [0.1, 0.15) is 0 Å². The molecule has 3 aromatic rings. The van der Waals surface area contributed by atoms with Crippen LogP contribution in [0.3, 0.4) is 0 Å². The molecule has 3 atom stereocenters. The second-order valence-corrected chi connectivity index (χ2v) is 19.5. The molecule has 1 aliphatic rings. The smallest absolute Gasteiger partial charge is 0.0116 e. The molecule has 198 valence electrons. The lowest BCUT2D eigenvalue weighted by atomic mass is 9.87. The van der Waals surface area contributed by atoms with Crippen LogP contribution < -0.4 is 15.9 Å². The molecule has 4 rings (SSSR count). The van der Waals surface area contributed by atoms with Gasteiger partial charge in [-0.05, 0) is 95.0 Å². The fourth-order valence-corrected chi connectivity index (χ4v) is 15.4. The van der Waals surface area contributed by atoms with Crippen molar-refractivity contribution in [3.63, 3.8) is 0 Å². The van der Waals surface area contributed by atoms with Gasteiger partial charge in [-0.25, -0.2) is 0 Å². The Hall–Kier alpha value is -1.48. The molecule has 0 spiro atoms. The molecule has 0 saturated heterocycles. The van der Waals surface area contributed by atoms with Crippen molar-refractivity contribution < 1.29 is 0 Å². The van der Waals surface area contributed by atoms with Crippen molar-refractivity contribution >= 4 is 31.8 Å². The van der Waals surface area contributed by atoms with Crippen molar-refractivity contribution in [2.45, 2.75) is 103 Å². The van der Waals surface area contributed by atoms with Crippen LogP contribution in [0.4, 0.5) is 0 Å². The van der Waals surface area contributed by atoms with Crippen molar-refractivity contribution in [2.24, 2.45) is 5.92 Å². The van der Waals surface area contributed by atoms with Gasteiger partial charge in [0.2, 0.25) is 0 Å². The van der Waals surface area contributed by atoms with Gasteiger partial charge in [0.05, 0.1) is 0 Å². The minimum Gasteiger partial charge on any atom is -0.0924 e. The summed E-state index contributed by atoms with van der Waals surface area (Å²) in [5.41, 5.74) is 5.20. The average Bonchev–Trinajstić information content (AvgIpc) is 3.30. The first-order valence-electron chi connectivity index (χ1n) is 14.2. The molecule has 0 aromatic heterocycles. The Morgan fingerprint density at radius 1 is 0.649 bits per heavy atom. The van der Waals surface area contributed by atoms with Gasteiger partial charge in [-0.1, -0.05) is 136 Å². The fourth-order valence-electron chi connectivity index (χ4n) is 7.39. The van der Waals surface area contributed by atoms with E-state index in [1.165, 1.54) is 41.0 Å². The monoisotopic (exact) mass is 530 g/mol. The van der Waals surface area contributed by atoms with E-state index in [2.05, 4.69) is 135 Å². The predicted octanol–water partition coefficient (Wildman–Crippen LogP) is 9.41. The van der Waals surface area contributed by atoms with E-state index in [1.807, 2.05) is 0 Å². The van der Waals surface area contributed by atoms with E-state index in [0.717, 1.165) is 11.6 Å². The molecule has 0 aliphatic heterocycles. The third-order valence-corrected chi connectivity index (χ3v) is 15.3. The molecule has 0 nitrogen and oxygen atoms in total. The van der Waals surface area contributed by atoms with Gasteiger partial charge >= 0.3 is 0 Å². The summed E-state index contributed by atoms with van der Waals surface area (Å²) in [6.07, 6.45) is 4.06. The van der Waals surface area contributed by atoms with Crippen LogP contribution in [0.2, 0.25) is 0 Å². The predicted molar refractivity (Wildman–Crippen MR) is 171 cm³/mol. The van der Waals surface area contributed by atoms with Gasteiger partial charge in [0.25, 0.3) is 0 Å². The maximum atomic E-state index is 2.61. The summed E-state index contributed by atoms with van der Waals surface area (Å²) in [7, 11) is -0.768. The summed E-state index contributed by atoms with van der Waals surface area (Å²) in [6.45, 7) is 22.2. The topological polar surface area (TPSA) is 0 Å². The molecule has 1 aliphatic carbocycles. The van der Waals surface area contributed by atoms with E-state index in [0.29, 0.717) is 16.2 Å². The highest BCUT2D eigenvalue weighted by molar-refractivity contribution is 7.80. The molecule has 3 aromatic carbocycles. The van der Waals surface area contributed by atoms with Crippen LogP contribution in [0, 0.1) is 19.8 Å². The Morgan fingerprint density at radius 3 is 1.59 bits per heavy atom. The molecule has 0 heterocycles. The summed E-state index contributed by atoms with van der Waals surface area (Å²) in [5, 5.41) is 5.31. The first-order chi connectivity index (χ1) is 17.4. The number of hydrogen-bond acceptors (Lipinski definition) is 0. The van der Waals surface area contributed by atoms with Crippen LogP contribution in [-0.4, -0.2) is 16.0 Å². The van der Waals surface area contributed by atoms with Crippen molar-refractivity contribution in [3.8, 4) is 0 Å². The van der Waals surface area contributed by atoms with E-state index in [1.54, 1.807) is 10.9 Å². The van der Waals surface area contributed by atoms with Crippen LogP contribution in [0.1, 0.15) is 90.3 Å². The Kier molecular flexibility index (Phi) is 8.73. The maximum Gasteiger partial charge on any atom is -0.0116 e. The van der Waals surface area contributed by atoms with E-state index < -0.39 is 7.92 Å². The number of benzene rings is 3. The fraction of sp³-hybridized carbons (Fsp3) is 0.486. The molecule has 1 fully saturated rings. The SMILES string of the molecule is Cc1ccccc1P(c1ccccc1C)c1ccccc1C1CCCC1[C@@H](C)P(C(C)(C)C)C(C)(C)C. The summed E-state index contributed by atoms with van der Waals surface area (Å²) >= 11 is 0. The highest BCUT2D eigenvalue weighted by Gasteiger charge is 2.45. The quantitative estimate of drug-likeness (QED) is 0.279. The van der Waals surface area contributed by atoms with E-state index in [-0.39, 0.29) is 7.92 Å². The van der Waals surface area contributed by atoms with Gasteiger partial charge in [0, 0.05) is 0 Å². The molecular formula is C35H48P2. The van der Waals surface area contributed by atoms with Gasteiger partial charge < -0.3 is 0 Å². The molecule has 1 saturated carbocycles. The molecule has 2 unspecified atom stereocenters. The molecule has 0 amide bonds. The minimum atomic E-state index is -0.618. The van der Waals surface area contributed by atoms with Crippen molar-refractivity contribution in [2.75, 3.05) is 0 Å². The Morgan fingerprint density at radius 2 is 1.11 bits per heavy atom. The van der Waals surface area contributed by atoms with Crippen molar-refractivity contribution in [3.05, 3.63) is 89.5 Å². The summed E-state index contributed by atoms with van der Waals surface area (Å²) < 4.78 is 0. The van der Waals surface area contributed by atoms with Crippen LogP contribution in [0.25, 0.3) is 0 Å². The lowest BCUT2D eigenvalue weighted by molar-refractivity contribution is 0.467. The zero-order valence-electron chi connectivity index (χ0n) is 24.7. The standard InChI is InChI=1S/C35H48P2/c1-25-17-10-13-22-31(25)36(32-23-14-11-18-26(32)2)33-24-15-12-19-30(33)29-21-16-20-28(29)27(3)37(34(4,5)6)35(7,8)9/h10-15,17-19,22-24,27-29H,16,20-21H2,1-9H3/t27-,28?,29?/m1/s1. The lowest BCUT2D eigenvalue weighted by Crippen LogP contribution is -2.35. The highest BCUT2D eigenvalue weighted by Crippen LogP contribution is 2.66. The third kappa shape index (κ3) is 6.07. The van der Waals surface area contributed by atoms with E-state index in [4.69, 9.17) is 0 Å². The van der Waals surface area contributed by atoms with Gasteiger partial charge in [-0.15, -0.1) is 0 Å². The molecule has 2 heteroatoms. The number of aryl methyl sites for hydroxylation is 2. The highest BCUT2D eigenvalue weighted by atomic mass is 31.1. The van der Waals surface area contributed by atoms with Crippen LogP contribution in [-0.2, 0) is 0 Å². The van der Waals surface area contributed by atoms with Crippen molar-refractivity contribution in [1.82, 2.24) is 0 Å². The zero-order valence-corrected chi connectivity index (χ0v) is 26.5. The van der Waals surface area contributed by atoms with E-state index >= 15 is 0 Å². The summed E-state index contributed by atoms with van der Waals surface area (Å²) in [5.74, 6) is 1.41. The number of hydrogen-bond donors (Lipinski definition) is 0. The molecule has 37 heavy (non-hydrogen) atoms. The van der Waals surface area contributed by atoms with Gasteiger partial charge in [-0.2, -0.15) is 0 Å². The third-order valence-electron chi connectivity index (χ3n) is 8.33.